The van der Waals surface area contributed by atoms with E-state index >= 15 is 0 Å². The van der Waals surface area contributed by atoms with Crippen molar-refractivity contribution in [2.45, 2.75) is 0 Å². The summed E-state index contributed by atoms with van der Waals surface area (Å²) < 4.78 is 0. The monoisotopic (exact) mass is 346 g/mol. The van der Waals surface area contributed by atoms with Gasteiger partial charge in [-0.1, -0.05) is 0 Å². The summed E-state index contributed by atoms with van der Waals surface area (Å²) in [7, 11) is 0. The molecule has 2 radical (unpaired) electrons. The van der Waals surface area contributed by atoms with Gasteiger partial charge in [-0.3, -0.25) is 0 Å². The molecule has 0 aromatic rings. The van der Waals surface area contributed by atoms with Gasteiger partial charge in [-0.2, -0.15) is 0 Å². The van der Waals surface area contributed by atoms with E-state index in [1.807, 2.05) is 0 Å². The third-order valence-electron chi connectivity index (χ3n) is 0. The summed E-state index contributed by atoms with van der Waals surface area (Å²) >= 11 is 0. The predicted molar refractivity (Wildman–Crippen MR) is 7.81 cm³/mol. The molecule has 0 spiro atoms. The smallest absolute Gasteiger partial charge is 2.00 e. The third kappa shape index (κ3) is 25.2. The van der Waals surface area contributed by atoms with Gasteiger partial charge in [-0.15, -0.1) is 0 Å². The zero-order chi connectivity index (χ0) is 0. The summed E-state index contributed by atoms with van der Waals surface area (Å²) in [4.78, 5) is 0. The van der Waals surface area contributed by atoms with E-state index in [0.717, 1.165) is 0 Å². The van der Waals surface area contributed by atoms with Crippen LogP contribution in [0, 0.1) is 0 Å². The first kappa shape index (κ1) is 67.8. The second-order valence-corrected chi connectivity index (χ2v) is 0. The van der Waals surface area contributed by atoms with E-state index < -0.39 is 0 Å². The Labute approximate surface area is 74.4 Å². The van der Waals surface area contributed by atoms with Crippen molar-refractivity contribution in [3.8, 4) is 0 Å². The first-order valence-electron chi connectivity index (χ1n) is 0. The SMILES string of the molecule is [Bi+3].[O-2].[O-2].[O-2].[Y+3]. The molecule has 0 fully saturated rings. The molecule has 0 rings (SSSR count). The van der Waals surface area contributed by atoms with Crippen LogP contribution < -0.4 is 0 Å². The Hall–Kier alpha value is 1.87. The van der Waals surface area contributed by atoms with E-state index in [1.54, 1.807) is 0 Å². The molecule has 5 heavy (non-hydrogen) atoms. The summed E-state index contributed by atoms with van der Waals surface area (Å²) in [5, 5.41) is 0. The molecule has 0 amide bonds. The van der Waals surface area contributed by atoms with Crippen LogP contribution in [0.15, 0.2) is 0 Å². The van der Waals surface area contributed by atoms with Crippen LogP contribution in [-0.4, -0.2) is 26.2 Å². The first-order chi connectivity index (χ1) is 0. The van der Waals surface area contributed by atoms with Gasteiger partial charge in [-0.25, -0.2) is 0 Å². The second kappa shape index (κ2) is 39.9. The Balaban J connectivity index is 0. The Morgan fingerprint density at radius 2 is 0.600 bits per heavy atom. The molecule has 0 N–H and O–H groups in total. The fourth-order valence-corrected chi connectivity index (χ4v) is 0. The van der Waals surface area contributed by atoms with Gasteiger partial charge in [-0.05, 0) is 0 Å². The van der Waals surface area contributed by atoms with E-state index in [9.17, 15) is 0 Å². The molecule has 3 nitrogen and oxygen atoms in total. The zero-order valence-corrected chi connectivity index (χ0v) is 8.56. The minimum atomic E-state index is 0. The zero-order valence-electron chi connectivity index (χ0n) is 2.25. The fraction of sp³-hybridized carbons (Fsp3) is 0. The summed E-state index contributed by atoms with van der Waals surface area (Å²) in [5.41, 5.74) is 0. The molecule has 0 aliphatic rings. The third-order valence-corrected chi connectivity index (χ3v) is 0. The van der Waals surface area contributed by atoms with E-state index in [0.29, 0.717) is 0 Å². The minimum Gasteiger partial charge on any atom is -2.00 e. The normalized spacial score (nSPS) is 0. The summed E-state index contributed by atoms with van der Waals surface area (Å²) in [6.07, 6.45) is 0. The average molecular weight is 346 g/mol. The van der Waals surface area contributed by atoms with Crippen LogP contribution in [0.2, 0.25) is 0 Å². The van der Waals surface area contributed by atoms with Crippen molar-refractivity contribution in [1.29, 1.82) is 0 Å². The minimum absolute atomic E-state index is 0. The van der Waals surface area contributed by atoms with Crippen LogP contribution in [0.25, 0.3) is 0 Å². The molecule has 0 atom stereocenters. The maximum absolute atomic E-state index is 0. The van der Waals surface area contributed by atoms with Crippen LogP contribution in [0.4, 0.5) is 0 Å². The molecular formula is BiO3Y. The van der Waals surface area contributed by atoms with Crippen molar-refractivity contribution in [2.75, 3.05) is 0 Å². The van der Waals surface area contributed by atoms with Gasteiger partial charge in [0.25, 0.3) is 0 Å². The van der Waals surface area contributed by atoms with Gasteiger partial charge in [0.1, 0.15) is 0 Å². The molecule has 5 heteroatoms. The first-order valence-corrected chi connectivity index (χ1v) is 0. The standard InChI is InChI=1S/Bi.3O.Y/q+3;3*-2;+3. The van der Waals surface area contributed by atoms with Gasteiger partial charge in [0, 0.05) is 0 Å². The maximum atomic E-state index is 0. The maximum Gasteiger partial charge on any atom is 3.00 e. The Morgan fingerprint density at radius 3 is 0.600 bits per heavy atom. The second-order valence-electron chi connectivity index (χ2n) is 0. The largest absolute Gasteiger partial charge is 3.00 e. The van der Waals surface area contributed by atoms with Crippen molar-refractivity contribution < 1.29 is 49.1 Å². The molecule has 26 valence electrons. The van der Waals surface area contributed by atoms with Gasteiger partial charge in [0.05, 0.1) is 0 Å². The Morgan fingerprint density at radius 1 is 0.600 bits per heavy atom. The molecule has 0 saturated heterocycles. The van der Waals surface area contributed by atoms with Crippen LogP contribution >= 0.6 is 0 Å². The van der Waals surface area contributed by atoms with E-state index in [2.05, 4.69) is 0 Å². The van der Waals surface area contributed by atoms with Gasteiger partial charge in [0.15, 0.2) is 0 Å². The number of hydrogen-bond acceptors (Lipinski definition) is 0. The predicted octanol–water partition coefficient (Wildman–Crippen LogP) is -0.740. The topological polar surface area (TPSA) is 85.5 Å². The van der Waals surface area contributed by atoms with Crippen molar-refractivity contribution in [1.82, 2.24) is 0 Å². The molecule has 0 aliphatic heterocycles. The molecular weight excluding hydrogens is 346 g/mol. The van der Waals surface area contributed by atoms with Crippen molar-refractivity contribution >= 4 is 26.2 Å². The number of hydrogen-bond donors (Lipinski definition) is 0. The molecule has 0 bridgehead atoms. The van der Waals surface area contributed by atoms with Crippen molar-refractivity contribution in [3.05, 3.63) is 0 Å². The van der Waals surface area contributed by atoms with E-state index in [4.69, 9.17) is 0 Å². The fourth-order valence-electron chi connectivity index (χ4n) is 0. The van der Waals surface area contributed by atoms with Crippen LogP contribution in [0.3, 0.4) is 0 Å². The quantitative estimate of drug-likeness (QED) is 0.518. The van der Waals surface area contributed by atoms with Crippen molar-refractivity contribution in [2.24, 2.45) is 0 Å². The van der Waals surface area contributed by atoms with Crippen LogP contribution in [0.5, 0.6) is 0 Å². The van der Waals surface area contributed by atoms with Crippen LogP contribution in [-0.2, 0) is 49.1 Å². The van der Waals surface area contributed by atoms with E-state index in [-0.39, 0.29) is 75.3 Å². The van der Waals surface area contributed by atoms with Crippen LogP contribution in [0.1, 0.15) is 0 Å². The Bertz CT molecular complexity index is 6.85. The molecule has 0 heterocycles. The summed E-state index contributed by atoms with van der Waals surface area (Å²) in [6.45, 7) is 0. The van der Waals surface area contributed by atoms with Crippen molar-refractivity contribution in [3.63, 3.8) is 0 Å². The van der Waals surface area contributed by atoms with Gasteiger partial charge in [0.2, 0.25) is 0 Å². The molecule has 0 aromatic carbocycles. The number of rotatable bonds is 0. The molecule has 0 aliphatic carbocycles. The molecule has 0 aromatic heterocycles. The van der Waals surface area contributed by atoms with Gasteiger partial charge < -0.3 is 16.4 Å². The summed E-state index contributed by atoms with van der Waals surface area (Å²) in [6, 6.07) is 0. The Kier molecular flexibility index (Phi) is 541. The van der Waals surface area contributed by atoms with Gasteiger partial charge >= 0.3 is 58.9 Å². The molecule has 0 saturated carbocycles. The molecule has 0 unspecified atom stereocenters. The summed E-state index contributed by atoms with van der Waals surface area (Å²) in [5.74, 6) is 0. The average Bonchev–Trinajstić information content (AvgIpc) is 0. The van der Waals surface area contributed by atoms with E-state index in [1.165, 1.54) is 0 Å².